The number of benzene rings is 2. The van der Waals surface area contributed by atoms with Crippen LogP contribution in [0.1, 0.15) is 11.1 Å². The van der Waals surface area contributed by atoms with E-state index in [2.05, 4.69) is 36.3 Å². The third kappa shape index (κ3) is 2.42. The number of aryl methyl sites for hydroxylation is 1. The lowest BCUT2D eigenvalue weighted by molar-refractivity contribution is 0.470. The highest BCUT2D eigenvalue weighted by Gasteiger charge is 2.04. The summed E-state index contributed by atoms with van der Waals surface area (Å²) in [7, 11) is 0. The van der Waals surface area contributed by atoms with Crippen molar-refractivity contribution < 1.29 is 5.11 Å². The first-order valence-corrected chi connectivity index (χ1v) is 6.76. The maximum atomic E-state index is 10.00. The average molecular weight is 331 g/mol. The quantitative estimate of drug-likeness (QED) is 0.706. The number of hydrogen-bond acceptors (Lipinski definition) is 4. The molecule has 0 fully saturated rings. The lowest BCUT2D eigenvalue weighted by atomic mass is 10.1. The number of phenolic OH excluding ortho intramolecular Hbond substituents is 1. The van der Waals surface area contributed by atoms with Gasteiger partial charge in [-0.3, -0.25) is 4.99 Å². The second kappa shape index (κ2) is 5.05. The smallest absolute Gasteiger partial charge is 0.127 e. The lowest BCUT2D eigenvalue weighted by Gasteiger charge is -2.03. The first kappa shape index (κ1) is 12.8. The number of aromatic hydroxyl groups is 1. The van der Waals surface area contributed by atoms with Gasteiger partial charge in [-0.25, -0.2) is 0 Å². The Morgan fingerprint density at radius 2 is 2.00 bits per heavy atom. The third-order valence-corrected chi connectivity index (χ3v) is 3.41. The molecule has 100 valence electrons. The van der Waals surface area contributed by atoms with E-state index < -0.39 is 0 Å². The number of rotatable bonds is 2. The van der Waals surface area contributed by atoms with E-state index in [1.54, 1.807) is 6.21 Å². The van der Waals surface area contributed by atoms with Gasteiger partial charge in [0, 0.05) is 16.3 Å². The fraction of sp³-hybridized carbons (Fsp3) is 0.0714. The zero-order chi connectivity index (χ0) is 14.1. The van der Waals surface area contributed by atoms with Crippen molar-refractivity contribution in [3.63, 3.8) is 0 Å². The van der Waals surface area contributed by atoms with E-state index in [1.807, 2.05) is 37.3 Å². The van der Waals surface area contributed by atoms with Crippen LogP contribution in [0.4, 0.5) is 5.69 Å². The van der Waals surface area contributed by atoms with Crippen molar-refractivity contribution in [2.45, 2.75) is 6.92 Å². The Bertz CT molecular complexity index is 810. The number of halogens is 1. The summed E-state index contributed by atoms with van der Waals surface area (Å²) < 4.78 is 0.904. The molecule has 0 aliphatic rings. The minimum Gasteiger partial charge on any atom is -0.507 e. The Morgan fingerprint density at radius 1 is 1.20 bits per heavy atom. The van der Waals surface area contributed by atoms with Gasteiger partial charge in [0.25, 0.3) is 0 Å². The van der Waals surface area contributed by atoms with Crippen LogP contribution >= 0.6 is 15.9 Å². The monoisotopic (exact) mass is 330 g/mol. The second-order valence-electron chi connectivity index (χ2n) is 4.42. The largest absolute Gasteiger partial charge is 0.507 e. The molecule has 3 rings (SSSR count). The molecule has 0 atom stereocenters. The van der Waals surface area contributed by atoms with E-state index in [0.29, 0.717) is 5.56 Å². The molecular weight excluding hydrogens is 320 g/mol. The van der Waals surface area contributed by atoms with Crippen molar-refractivity contribution in [1.29, 1.82) is 0 Å². The molecule has 1 heterocycles. The van der Waals surface area contributed by atoms with Crippen LogP contribution in [0, 0.1) is 6.92 Å². The number of H-pyrrole nitrogens is 1. The minimum absolute atomic E-state index is 0.236. The van der Waals surface area contributed by atoms with Crippen molar-refractivity contribution in [2.24, 2.45) is 4.99 Å². The van der Waals surface area contributed by atoms with Gasteiger partial charge in [0.05, 0.1) is 5.69 Å². The summed E-state index contributed by atoms with van der Waals surface area (Å²) >= 11 is 3.41. The minimum atomic E-state index is 0.236. The van der Waals surface area contributed by atoms with Crippen molar-refractivity contribution in [3.05, 3.63) is 45.9 Å². The number of nitrogens with one attached hydrogen (secondary N) is 1. The molecule has 0 aliphatic carbocycles. The number of fused-ring (bicyclic) bond motifs is 1. The number of aromatic amines is 1. The van der Waals surface area contributed by atoms with Crippen molar-refractivity contribution in [2.75, 3.05) is 0 Å². The molecule has 1 aromatic heterocycles. The first-order valence-electron chi connectivity index (χ1n) is 5.97. The van der Waals surface area contributed by atoms with Crippen molar-refractivity contribution >= 4 is 38.9 Å². The average Bonchev–Trinajstić information content (AvgIpc) is 2.88. The van der Waals surface area contributed by atoms with Gasteiger partial charge in [-0.05, 0) is 42.8 Å². The fourth-order valence-corrected chi connectivity index (χ4v) is 2.50. The molecule has 0 radical (unpaired) electrons. The maximum Gasteiger partial charge on any atom is 0.127 e. The summed E-state index contributed by atoms with van der Waals surface area (Å²) in [5.41, 5.74) is 3.77. The molecule has 0 aliphatic heterocycles. The summed E-state index contributed by atoms with van der Waals surface area (Å²) in [5, 5.41) is 20.6. The van der Waals surface area contributed by atoms with Crippen LogP contribution in [0.15, 0.2) is 39.8 Å². The Balaban J connectivity index is 1.97. The summed E-state index contributed by atoms with van der Waals surface area (Å²) in [6.45, 7) is 1.85. The summed E-state index contributed by atoms with van der Waals surface area (Å²) in [4.78, 5) is 4.36. The van der Waals surface area contributed by atoms with Crippen LogP contribution in [0.2, 0.25) is 0 Å². The molecule has 0 amide bonds. The highest BCUT2D eigenvalue weighted by Crippen LogP contribution is 2.26. The normalized spacial score (nSPS) is 11.5. The van der Waals surface area contributed by atoms with Gasteiger partial charge < -0.3 is 5.11 Å². The van der Waals surface area contributed by atoms with E-state index in [1.165, 1.54) is 0 Å². The van der Waals surface area contributed by atoms with Gasteiger partial charge in [-0.1, -0.05) is 15.9 Å². The SMILES string of the molecule is Cc1cc(Br)cc(C=Nc2ccc3n[nH]nc3c2)c1O. The molecule has 0 unspecified atom stereocenters. The van der Waals surface area contributed by atoms with Crippen LogP contribution < -0.4 is 0 Å². The molecule has 0 bridgehead atoms. The van der Waals surface area contributed by atoms with Crippen molar-refractivity contribution in [1.82, 2.24) is 15.4 Å². The first-order chi connectivity index (χ1) is 9.63. The Labute approximate surface area is 123 Å². The number of aliphatic imine (C=N–C) groups is 1. The molecule has 0 saturated carbocycles. The molecule has 0 spiro atoms. The zero-order valence-corrected chi connectivity index (χ0v) is 12.2. The summed E-state index contributed by atoms with van der Waals surface area (Å²) in [6.07, 6.45) is 1.63. The van der Waals surface area contributed by atoms with Crippen LogP contribution in [0.5, 0.6) is 5.75 Å². The van der Waals surface area contributed by atoms with E-state index in [-0.39, 0.29) is 5.75 Å². The molecule has 6 heteroatoms. The lowest BCUT2D eigenvalue weighted by Crippen LogP contribution is -1.86. The third-order valence-electron chi connectivity index (χ3n) is 2.95. The van der Waals surface area contributed by atoms with E-state index in [4.69, 9.17) is 0 Å². The Hall–Kier alpha value is -2.21. The summed E-state index contributed by atoms with van der Waals surface area (Å²) in [5.74, 6) is 0.236. The highest BCUT2D eigenvalue weighted by atomic mass is 79.9. The zero-order valence-electron chi connectivity index (χ0n) is 10.6. The van der Waals surface area contributed by atoms with Gasteiger partial charge in [0.2, 0.25) is 0 Å². The van der Waals surface area contributed by atoms with Gasteiger partial charge in [-0.2, -0.15) is 15.4 Å². The van der Waals surface area contributed by atoms with E-state index in [9.17, 15) is 5.11 Å². The van der Waals surface area contributed by atoms with Crippen LogP contribution in [-0.4, -0.2) is 26.7 Å². The number of phenols is 1. The molecule has 5 nitrogen and oxygen atoms in total. The Kier molecular flexibility index (Phi) is 3.23. The van der Waals surface area contributed by atoms with E-state index >= 15 is 0 Å². The van der Waals surface area contributed by atoms with E-state index in [0.717, 1.165) is 26.8 Å². The van der Waals surface area contributed by atoms with Crippen molar-refractivity contribution in [3.8, 4) is 5.75 Å². The van der Waals surface area contributed by atoms with Crippen LogP contribution in [0.3, 0.4) is 0 Å². The van der Waals surface area contributed by atoms with Gasteiger partial charge in [-0.15, -0.1) is 0 Å². The fourth-order valence-electron chi connectivity index (χ4n) is 1.91. The molecule has 0 saturated heterocycles. The number of hydrogen-bond donors (Lipinski definition) is 2. The predicted octanol–water partition coefficient (Wildman–Crippen LogP) is 3.49. The highest BCUT2D eigenvalue weighted by molar-refractivity contribution is 9.10. The predicted molar refractivity (Wildman–Crippen MR) is 81.7 cm³/mol. The summed E-state index contributed by atoms with van der Waals surface area (Å²) in [6, 6.07) is 9.20. The Morgan fingerprint density at radius 3 is 2.85 bits per heavy atom. The topological polar surface area (TPSA) is 74.2 Å². The second-order valence-corrected chi connectivity index (χ2v) is 5.33. The van der Waals surface area contributed by atoms with Gasteiger partial charge >= 0.3 is 0 Å². The maximum absolute atomic E-state index is 10.00. The molecular formula is C14H11BrN4O. The van der Waals surface area contributed by atoms with Crippen LogP contribution in [-0.2, 0) is 0 Å². The molecule has 2 aromatic carbocycles. The number of nitrogens with zero attached hydrogens (tertiary/aromatic N) is 3. The van der Waals surface area contributed by atoms with Gasteiger partial charge in [0.15, 0.2) is 0 Å². The van der Waals surface area contributed by atoms with Gasteiger partial charge in [0.1, 0.15) is 16.8 Å². The van der Waals surface area contributed by atoms with Crippen LogP contribution in [0.25, 0.3) is 11.0 Å². The molecule has 20 heavy (non-hydrogen) atoms. The molecule has 2 N–H and O–H groups in total. The standard InChI is InChI=1S/C14H11BrN4O/c1-8-4-10(15)5-9(14(8)20)7-16-11-2-3-12-13(6-11)18-19-17-12/h2-7,20H,1H3,(H,17,18,19). The molecule has 3 aromatic rings. The number of aromatic nitrogens is 3.